The van der Waals surface area contributed by atoms with E-state index in [1.165, 1.54) is 0 Å². The Bertz CT molecular complexity index is 503. The second kappa shape index (κ2) is 7.09. The number of aliphatic hydroxyl groups is 1. The van der Waals surface area contributed by atoms with Crippen LogP contribution < -0.4 is 15.5 Å². The molecule has 0 aliphatic carbocycles. The van der Waals surface area contributed by atoms with Gasteiger partial charge < -0.3 is 19.6 Å². The molecule has 0 atom stereocenters. The van der Waals surface area contributed by atoms with Crippen molar-refractivity contribution in [2.45, 2.75) is 13.0 Å². The Labute approximate surface area is 103 Å². The van der Waals surface area contributed by atoms with Gasteiger partial charge in [-0.1, -0.05) is 0 Å². The number of nitriles is 1. The van der Waals surface area contributed by atoms with Crippen LogP contribution >= 0.6 is 0 Å². The molecule has 0 radical (unpaired) electrons. The summed E-state index contributed by atoms with van der Waals surface area (Å²) < 4.78 is 9.82. The first-order chi connectivity index (χ1) is 8.67. The lowest BCUT2D eigenvalue weighted by atomic mass is 10.4. The van der Waals surface area contributed by atoms with Crippen molar-refractivity contribution < 1.29 is 19.1 Å². The molecule has 96 valence electrons. The van der Waals surface area contributed by atoms with Gasteiger partial charge in [-0.25, -0.2) is 0 Å². The van der Waals surface area contributed by atoms with Crippen molar-refractivity contribution in [1.29, 1.82) is 5.26 Å². The monoisotopic (exact) mass is 252 g/mol. The van der Waals surface area contributed by atoms with Gasteiger partial charge in [0.25, 0.3) is 5.91 Å². The number of rotatable bonds is 6. The number of hydrogen-bond acceptors (Lipinski definition) is 6. The number of aliphatic hydroxyl groups excluding tert-OH is 1. The summed E-state index contributed by atoms with van der Waals surface area (Å²) in [7, 11) is 0. The van der Waals surface area contributed by atoms with E-state index in [1.807, 2.05) is 6.07 Å². The van der Waals surface area contributed by atoms with Gasteiger partial charge in [0, 0.05) is 12.6 Å². The van der Waals surface area contributed by atoms with Crippen molar-refractivity contribution in [2.24, 2.45) is 0 Å². The number of carbonyl (C=O) groups is 1. The third kappa shape index (κ3) is 4.27. The molecule has 0 aliphatic heterocycles. The SMILES string of the molecule is N#CCCNC(=O)COc1coc(CO)cc1=O. The Morgan fingerprint density at radius 3 is 3.00 bits per heavy atom. The molecule has 7 heteroatoms. The summed E-state index contributed by atoms with van der Waals surface area (Å²) in [6.07, 6.45) is 1.25. The molecular formula is C11H12N2O5. The first kappa shape index (κ1) is 13.7. The summed E-state index contributed by atoms with van der Waals surface area (Å²) >= 11 is 0. The minimum Gasteiger partial charge on any atom is -0.477 e. The summed E-state index contributed by atoms with van der Waals surface area (Å²) in [6, 6.07) is 2.96. The zero-order chi connectivity index (χ0) is 13.4. The molecule has 1 aromatic heterocycles. The molecule has 0 bridgehead atoms. The highest BCUT2D eigenvalue weighted by molar-refractivity contribution is 5.77. The fourth-order valence-corrected chi connectivity index (χ4v) is 1.08. The molecule has 2 N–H and O–H groups in total. The topological polar surface area (TPSA) is 113 Å². The zero-order valence-corrected chi connectivity index (χ0v) is 9.51. The van der Waals surface area contributed by atoms with Gasteiger partial charge in [0.15, 0.2) is 6.61 Å². The van der Waals surface area contributed by atoms with E-state index in [4.69, 9.17) is 19.5 Å². The van der Waals surface area contributed by atoms with Crippen LogP contribution in [-0.4, -0.2) is 24.2 Å². The Morgan fingerprint density at radius 1 is 1.61 bits per heavy atom. The van der Waals surface area contributed by atoms with E-state index < -0.39 is 11.3 Å². The highest BCUT2D eigenvalue weighted by Crippen LogP contribution is 2.05. The largest absolute Gasteiger partial charge is 0.477 e. The first-order valence-corrected chi connectivity index (χ1v) is 5.16. The minimum atomic E-state index is -0.477. The number of carbonyl (C=O) groups excluding carboxylic acids is 1. The fourth-order valence-electron chi connectivity index (χ4n) is 1.08. The maximum Gasteiger partial charge on any atom is 0.257 e. The van der Waals surface area contributed by atoms with Crippen LogP contribution in [0.5, 0.6) is 5.75 Å². The number of hydrogen-bond donors (Lipinski definition) is 2. The van der Waals surface area contributed by atoms with E-state index >= 15 is 0 Å². The lowest BCUT2D eigenvalue weighted by Crippen LogP contribution is -2.30. The molecule has 0 saturated carbocycles. The number of nitrogens with one attached hydrogen (secondary N) is 1. The van der Waals surface area contributed by atoms with Crippen LogP contribution in [0.1, 0.15) is 12.2 Å². The van der Waals surface area contributed by atoms with Crippen LogP contribution in [0.4, 0.5) is 0 Å². The smallest absolute Gasteiger partial charge is 0.257 e. The van der Waals surface area contributed by atoms with Crippen LogP contribution in [0, 0.1) is 11.3 Å². The summed E-state index contributed by atoms with van der Waals surface area (Å²) in [5, 5.41) is 19.4. The Kier molecular flexibility index (Phi) is 5.41. The maximum absolute atomic E-state index is 11.4. The van der Waals surface area contributed by atoms with Crippen molar-refractivity contribution in [3.05, 3.63) is 28.3 Å². The molecule has 0 aliphatic rings. The van der Waals surface area contributed by atoms with Crippen LogP contribution in [0.2, 0.25) is 0 Å². The van der Waals surface area contributed by atoms with Crippen LogP contribution in [-0.2, 0) is 11.4 Å². The standard InChI is InChI=1S/C11H12N2O5/c12-2-1-3-13-11(16)7-18-10-6-17-8(5-14)4-9(10)15/h4,6,14H,1,3,5,7H2,(H,13,16). The Balaban J connectivity index is 2.46. The lowest BCUT2D eigenvalue weighted by molar-refractivity contribution is -0.123. The summed E-state index contributed by atoms with van der Waals surface area (Å²) in [4.78, 5) is 22.6. The van der Waals surface area contributed by atoms with E-state index in [-0.39, 0.29) is 37.7 Å². The number of nitrogens with zero attached hydrogens (tertiary/aromatic N) is 1. The molecule has 18 heavy (non-hydrogen) atoms. The molecule has 1 rings (SSSR count). The second-order valence-corrected chi connectivity index (χ2v) is 3.28. The Morgan fingerprint density at radius 2 is 2.39 bits per heavy atom. The highest BCUT2D eigenvalue weighted by Gasteiger charge is 2.07. The van der Waals surface area contributed by atoms with Crippen LogP contribution in [0.15, 0.2) is 21.5 Å². The molecule has 0 fully saturated rings. The van der Waals surface area contributed by atoms with Crippen molar-refractivity contribution >= 4 is 5.91 Å². The van der Waals surface area contributed by atoms with E-state index in [2.05, 4.69) is 5.32 Å². The highest BCUT2D eigenvalue weighted by atomic mass is 16.5. The van der Waals surface area contributed by atoms with Gasteiger partial charge in [-0.05, 0) is 0 Å². The first-order valence-electron chi connectivity index (χ1n) is 5.16. The second-order valence-electron chi connectivity index (χ2n) is 3.28. The minimum absolute atomic E-state index is 0.109. The van der Waals surface area contributed by atoms with E-state index in [1.54, 1.807) is 0 Å². The van der Waals surface area contributed by atoms with Gasteiger partial charge in [-0.2, -0.15) is 5.26 Å². The molecule has 1 amide bonds. The Hall–Kier alpha value is -2.33. The summed E-state index contributed by atoms with van der Waals surface area (Å²) in [5.74, 6) is -0.427. The van der Waals surface area contributed by atoms with Gasteiger partial charge in [-0.3, -0.25) is 9.59 Å². The van der Waals surface area contributed by atoms with Gasteiger partial charge in [0.1, 0.15) is 18.6 Å². The maximum atomic E-state index is 11.4. The van der Waals surface area contributed by atoms with Gasteiger partial charge in [0.2, 0.25) is 11.2 Å². The average Bonchev–Trinajstić information content (AvgIpc) is 2.37. The molecule has 1 heterocycles. The molecule has 7 nitrogen and oxygen atoms in total. The number of ether oxygens (including phenoxy) is 1. The molecule has 1 aromatic rings. The summed E-state index contributed by atoms with van der Waals surface area (Å²) in [5.41, 5.74) is -0.477. The van der Waals surface area contributed by atoms with Crippen molar-refractivity contribution in [3.8, 4) is 11.8 Å². The van der Waals surface area contributed by atoms with E-state index in [0.717, 1.165) is 12.3 Å². The molecule has 0 aromatic carbocycles. The van der Waals surface area contributed by atoms with Gasteiger partial charge >= 0.3 is 0 Å². The third-order valence-corrected chi connectivity index (χ3v) is 1.93. The van der Waals surface area contributed by atoms with Crippen LogP contribution in [0.3, 0.4) is 0 Å². The van der Waals surface area contributed by atoms with Gasteiger partial charge in [-0.15, -0.1) is 0 Å². The quantitative estimate of drug-likeness (QED) is 0.662. The third-order valence-electron chi connectivity index (χ3n) is 1.93. The van der Waals surface area contributed by atoms with E-state index in [0.29, 0.717) is 0 Å². The molecule has 0 spiro atoms. The molecule has 0 unspecified atom stereocenters. The fraction of sp³-hybridized carbons (Fsp3) is 0.364. The number of amides is 1. The van der Waals surface area contributed by atoms with Crippen LogP contribution in [0.25, 0.3) is 0 Å². The molecule has 0 saturated heterocycles. The lowest BCUT2D eigenvalue weighted by Gasteiger charge is -2.05. The van der Waals surface area contributed by atoms with E-state index in [9.17, 15) is 9.59 Å². The predicted octanol–water partition coefficient (Wildman–Crippen LogP) is -0.459. The zero-order valence-electron chi connectivity index (χ0n) is 9.51. The van der Waals surface area contributed by atoms with Crippen molar-refractivity contribution in [2.75, 3.05) is 13.2 Å². The van der Waals surface area contributed by atoms with Crippen molar-refractivity contribution in [3.63, 3.8) is 0 Å². The summed E-state index contributed by atoms with van der Waals surface area (Å²) in [6.45, 7) is -0.490. The molecular weight excluding hydrogens is 240 g/mol. The van der Waals surface area contributed by atoms with Gasteiger partial charge in [0.05, 0.1) is 12.5 Å². The average molecular weight is 252 g/mol. The predicted molar refractivity (Wildman–Crippen MR) is 59.6 cm³/mol. The van der Waals surface area contributed by atoms with Crippen molar-refractivity contribution in [1.82, 2.24) is 5.32 Å². The normalized spacial score (nSPS) is 9.56.